The molecule has 1 aliphatic heterocycles. The molecule has 3 amide bonds. The number of carbonyl (C=O) groups excluding carboxylic acids is 3. The van der Waals surface area contributed by atoms with E-state index in [2.05, 4.69) is 19.2 Å². The maximum absolute atomic E-state index is 12.0. The molecule has 0 radical (unpaired) electrons. The highest BCUT2D eigenvalue weighted by Gasteiger charge is 2.30. The molecule has 0 spiro atoms. The van der Waals surface area contributed by atoms with Gasteiger partial charge in [-0.1, -0.05) is 20.3 Å². The molecule has 1 fully saturated rings. The van der Waals surface area contributed by atoms with E-state index in [4.69, 9.17) is 10.5 Å². The second-order valence-corrected chi connectivity index (χ2v) is 6.56. The zero-order chi connectivity index (χ0) is 18.0. The Kier molecular flexibility index (Phi) is 9.29. The number of alkyl carbamates (subject to hydrolysis) is 1. The minimum absolute atomic E-state index is 0. The van der Waals surface area contributed by atoms with Gasteiger partial charge in [-0.25, -0.2) is 4.79 Å². The number of hydrogen-bond acceptors (Lipinski definition) is 4. The van der Waals surface area contributed by atoms with Gasteiger partial charge in [0.05, 0.1) is 0 Å². The number of primary amides is 1. The van der Waals surface area contributed by atoms with E-state index in [1.807, 2.05) is 0 Å². The Morgan fingerprint density at radius 3 is 2.30 bits per heavy atom. The van der Waals surface area contributed by atoms with Gasteiger partial charge in [0.2, 0.25) is 11.8 Å². The Labute approximate surface area is 141 Å². The Morgan fingerprint density at radius 2 is 1.83 bits per heavy atom. The lowest BCUT2D eigenvalue weighted by Crippen LogP contribution is -2.53. The lowest BCUT2D eigenvalue weighted by Gasteiger charge is -2.33. The van der Waals surface area contributed by atoms with Crippen molar-refractivity contribution in [1.29, 1.82) is 0 Å². The molecule has 0 bridgehead atoms. The van der Waals surface area contributed by atoms with Gasteiger partial charge in [0.25, 0.3) is 0 Å². The first-order valence-electron chi connectivity index (χ1n) is 8.18. The molecule has 1 rings (SSSR count). The fourth-order valence-electron chi connectivity index (χ4n) is 2.09. The van der Waals surface area contributed by atoms with Gasteiger partial charge >= 0.3 is 6.09 Å². The first-order valence-corrected chi connectivity index (χ1v) is 8.18. The van der Waals surface area contributed by atoms with Gasteiger partial charge in [0, 0.05) is 9.40 Å². The molecule has 1 unspecified atom stereocenters. The number of nitrogens with one attached hydrogen (secondary N) is 1. The second-order valence-electron chi connectivity index (χ2n) is 6.56. The summed E-state index contributed by atoms with van der Waals surface area (Å²) < 4.78 is 5.04. The van der Waals surface area contributed by atoms with Gasteiger partial charge in [-0.3, -0.25) is 9.59 Å². The lowest BCUT2D eigenvalue weighted by molar-refractivity contribution is -0.140. The first-order chi connectivity index (χ1) is 10.6. The summed E-state index contributed by atoms with van der Waals surface area (Å²) in [5.41, 5.74) is 4.67. The standard InChI is InChI=1S/C13H23N3O4.C3H8.2H2/c1-13(2,3)20-12(19)15-8-10(17)16-7-5-4-6-9(16)11(14)18;1-3-2;;/h9H,4-8H2,1-3H3,(H2,14,18)(H,15,19);3H2,1-2H3;2*1H. The number of hydrogen-bond donors (Lipinski definition) is 2. The monoisotopic (exact) mass is 333 g/mol. The fourth-order valence-corrected chi connectivity index (χ4v) is 2.09. The van der Waals surface area contributed by atoms with Crippen LogP contribution in [0.5, 0.6) is 0 Å². The Balaban J connectivity index is -0.000000900. The molecule has 0 aliphatic carbocycles. The van der Waals surface area contributed by atoms with Crippen LogP contribution < -0.4 is 11.1 Å². The maximum atomic E-state index is 12.0. The number of ether oxygens (including phenoxy) is 1. The van der Waals surface area contributed by atoms with Gasteiger partial charge in [0.15, 0.2) is 0 Å². The zero-order valence-electron chi connectivity index (χ0n) is 15.0. The predicted molar refractivity (Wildman–Crippen MR) is 93.0 cm³/mol. The van der Waals surface area contributed by atoms with E-state index in [0.717, 1.165) is 12.8 Å². The van der Waals surface area contributed by atoms with Crippen LogP contribution in [0, 0.1) is 0 Å². The lowest BCUT2D eigenvalue weighted by atomic mass is 10.0. The molecular weight excluding hydrogens is 298 g/mol. The number of amides is 3. The normalized spacial score (nSPS) is 17.6. The van der Waals surface area contributed by atoms with Gasteiger partial charge < -0.3 is 20.7 Å². The average Bonchev–Trinajstić information content (AvgIpc) is 2.43. The van der Waals surface area contributed by atoms with Crippen molar-refractivity contribution in [3.05, 3.63) is 0 Å². The van der Waals surface area contributed by atoms with Crippen molar-refractivity contribution < 1.29 is 22.0 Å². The summed E-state index contributed by atoms with van der Waals surface area (Å²) in [6, 6.07) is -0.573. The summed E-state index contributed by atoms with van der Waals surface area (Å²) in [5, 5.41) is 2.39. The predicted octanol–water partition coefficient (Wildman–Crippen LogP) is 2.29. The molecule has 0 aromatic rings. The van der Waals surface area contributed by atoms with E-state index in [-0.39, 0.29) is 15.3 Å². The van der Waals surface area contributed by atoms with Crippen LogP contribution in [0.2, 0.25) is 0 Å². The Morgan fingerprint density at radius 1 is 1.26 bits per heavy atom. The van der Waals surface area contributed by atoms with Crippen LogP contribution >= 0.6 is 0 Å². The van der Waals surface area contributed by atoms with Crippen LogP contribution in [0.15, 0.2) is 0 Å². The van der Waals surface area contributed by atoms with Crippen molar-refractivity contribution in [3.8, 4) is 0 Å². The van der Waals surface area contributed by atoms with Crippen molar-refractivity contribution in [3.63, 3.8) is 0 Å². The zero-order valence-corrected chi connectivity index (χ0v) is 15.0. The number of nitrogens with zero attached hydrogens (tertiary/aromatic N) is 1. The highest BCUT2D eigenvalue weighted by molar-refractivity contribution is 5.88. The van der Waals surface area contributed by atoms with Crippen LogP contribution in [-0.4, -0.2) is 47.5 Å². The smallest absolute Gasteiger partial charge is 0.408 e. The molecule has 1 heterocycles. The second kappa shape index (κ2) is 10.1. The number of piperidine rings is 1. The summed E-state index contributed by atoms with van der Waals surface area (Å²) in [6.07, 6.45) is 2.88. The highest BCUT2D eigenvalue weighted by atomic mass is 16.6. The molecule has 7 nitrogen and oxygen atoms in total. The topological polar surface area (TPSA) is 102 Å². The molecule has 3 N–H and O–H groups in total. The number of rotatable bonds is 3. The van der Waals surface area contributed by atoms with Crippen molar-refractivity contribution in [2.24, 2.45) is 5.73 Å². The molecule has 23 heavy (non-hydrogen) atoms. The van der Waals surface area contributed by atoms with Crippen LogP contribution in [0.3, 0.4) is 0 Å². The Bertz CT molecular complexity index is 415. The van der Waals surface area contributed by atoms with Gasteiger partial charge in [-0.15, -0.1) is 0 Å². The van der Waals surface area contributed by atoms with Crippen LogP contribution in [0.25, 0.3) is 0 Å². The van der Waals surface area contributed by atoms with E-state index >= 15 is 0 Å². The number of nitrogens with two attached hydrogens (primary N) is 1. The highest BCUT2D eigenvalue weighted by Crippen LogP contribution is 2.16. The summed E-state index contributed by atoms with van der Waals surface area (Å²) in [4.78, 5) is 36.2. The quantitative estimate of drug-likeness (QED) is 0.827. The SMILES string of the molecule is CC(C)(C)OC(=O)NCC(=O)N1CCCCC1C(N)=O.CCC.[HH].[HH]. The minimum Gasteiger partial charge on any atom is -0.444 e. The van der Waals surface area contributed by atoms with Crippen molar-refractivity contribution in [2.75, 3.05) is 13.1 Å². The van der Waals surface area contributed by atoms with E-state index in [9.17, 15) is 14.4 Å². The summed E-state index contributed by atoms with van der Waals surface area (Å²) in [5.74, 6) is -0.824. The molecule has 0 aromatic heterocycles. The third-order valence-electron chi connectivity index (χ3n) is 2.93. The first kappa shape index (κ1) is 21.2. The summed E-state index contributed by atoms with van der Waals surface area (Å²) >= 11 is 0. The molecule has 0 saturated carbocycles. The van der Waals surface area contributed by atoms with Gasteiger partial charge in [-0.2, -0.15) is 0 Å². The summed E-state index contributed by atoms with van der Waals surface area (Å²) in [6.45, 7) is 9.76. The van der Waals surface area contributed by atoms with Crippen molar-refractivity contribution >= 4 is 17.9 Å². The van der Waals surface area contributed by atoms with E-state index < -0.39 is 23.6 Å². The molecule has 7 heteroatoms. The molecular formula is C16H35N3O4. The van der Waals surface area contributed by atoms with E-state index in [0.29, 0.717) is 13.0 Å². The number of carbonyl (C=O) groups is 3. The van der Waals surface area contributed by atoms with E-state index in [1.54, 1.807) is 20.8 Å². The van der Waals surface area contributed by atoms with Gasteiger partial charge in [0.1, 0.15) is 18.2 Å². The average molecular weight is 333 g/mol. The molecule has 1 aliphatic rings. The van der Waals surface area contributed by atoms with Crippen LogP contribution in [0.1, 0.15) is 63.2 Å². The largest absolute Gasteiger partial charge is 0.444 e. The van der Waals surface area contributed by atoms with Gasteiger partial charge in [-0.05, 0) is 40.0 Å². The number of likely N-dealkylation sites (tertiary alicyclic amines) is 1. The van der Waals surface area contributed by atoms with Crippen molar-refractivity contribution in [2.45, 2.75) is 71.9 Å². The third kappa shape index (κ3) is 9.05. The molecule has 0 aromatic carbocycles. The minimum atomic E-state index is -0.654. The molecule has 138 valence electrons. The summed E-state index contributed by atoms with van der Waals surface area (Å²) in [7, 11) is 0. The van der Waals surface area contributed by atoms with Crippen molar-refractivity contribution in [1.82, 2.24) is 10.2 Å². The third-order valence-corrected chi connectivity index (χ3v) is 2.93. The maximum Gasteiger partial charge on any atom is 0.408 e. The fraction of sp³-hybridized carbons (Fsp3) is 0.812. The van der Waals surface area contributed by atoms with Crippen LogP contribution in [0.4, 0.5) is 4.79 Å². The van der Waals surface area contributed by atoms with E-state index in [1.165, 1.54) is 11.3 Å². The Hall–Kier alpha value is -1.79. The molecule has 1 saturated heterocycles. The molecule has 1 atom stereocenters. The van der Waals surface area contributed by atoms with Crippen LogP contribution in [-0.2, 0) is 14.3 Å².